The van der Waals surface area contributed by atoms with E-state index in [4.69, 9.17) is 0 Å². The van der Waals surface area contributed by atoms with E-state index in [0.29, 0.717) is 11.0 Å². The van der Waals surface area contributed by atoms with Crippen LogP contribution in [0.1, 0.15) is 13.3 Å². The molecule has 0 fully saturated rings. The van der Waals surface area contributed by atoms with Gasteiger partial charge in [0.15, 0.2) is 5.82 Å². The average Bonchev–Trinajstić information content (AvgIpc) is 2.88. The Hall–Kier alpha value is -2.21. The van der Waals surface area contributed by atoms with Crippen LogP contribution in [0.3, 0.4) is 0 Å². The molecule has 0 aliphatic rings. The van der Waals surface area contributed by atoms with Crippen molar-refractivity contribution in [3.8, 4) is 11.4 Å². The van der Waals surface area contributed by atoms with E-state index in [-0.39, 0.29) is 12.1 Å². The Morgan fingerprint density at radius 1 is 1.45 bits per heavy atom. The van der Waals surface area contributed by atoms with E-state index >= 15 is 0 Å². The number of nitrogens with one attached hydrogen (secondary N) is 2. The molecule has 2 aromatic rings. The first kappa shape index (κ1) is 14.2. The minimum absolute atomic E-state index is 0.0361. The maximum atomic E-state index is 11.7. The van der Waals surface area contributed by atoms with Gasteiger partial charge in [0.1, 0.15) is 0 Å². The molecule has 1 heterocycles. The summed E-state index contributed by atoms with van der Waals surface area (Å²) in [5.74, 6) is 0.616. The molecule has 104 valence electrons. The molecule has 1 atom stereocenters. The fraction of sp³-hybridized carbons (Fsp3) is 0.214. The fourth-order valence-electron chi connectivity index (χ4n) is 1.64. The number of carbonyl (C=O) groups is 1. The maximum absolute atomic E-state index is 11.7. The van der Waals surface area contributed by atoms with E-state index in [1.165, 1.54) is 0 Å². The molecule has 0 unspecified atom stereocenters. The molecule has 0 bridgehead atoms. The molecule has 0 aliphatic carbocycles. The Labute approximate surface area is 121 Å². The van der Waals surface area contributed by atoms with Crippen LogP contribution in [-0.2, 0) is 0 Å². The van der Waals surface area contributed by atoms with Gasteiger partial charge in [-0.25, -0.2) is 4.79 Å². The van der Waals surface area contributed by atoms with Crippen LogP contribution < -0.4 is 10.6 Å². The normalized spacial score (nSPS) is 11.7. The van der Waals surface area contributed by atoms with Crippen LogP contribution >= 0.6 is 11.5 Å². The molecule has 6 heteroatoms. The summed E-state index contributed by atoms with van der Waals surface area (Å²) in [6, 6.07) is 9.39. The predicted octanol–water partition coefficient (Wildman–Crippen LogP) is 3.29. The van der Waals surface area contributed by atoms with Gasteiger partial charge in [-0.2, -0.15) is 9.36 Å². The van der Waals surface area contributed by atoms with Crippen LogP contribution in [0.4, 0.5) is 9.93 Å². The van der Waals surface area contributed by atoms with Gasteiger partial charge in [0.25, 0.3) is 0 Å². The van der Waals surface area contributed by atoms with Crippen molar-refractivity contribution in [1.29, 1.82) is 0 Å². The van der Waals surface area contributed by atoms with Crippen molar-refractivity contribution in [3.63, 3.8) is 0 Å². The zero-order chi connectivity index (χ0) is 14.4. The lowest BCUT2D eigenvalue weighted by molar-refractivity contribution is 0.249. The van der Waals surface area contributed by atoms with Gasteiger partial charge in [-0.05, 0) is 13.3 Å². The van der Waals surface area contributed by atoms with Gasteiger partial charge < -0.3 is 5.32 Å². The number of aromatic nitrogens is 2. The van der Waals surface area contributed by atoms with Crippen LogP contribution in [0.5, 0.6) is 0 Å². The third-order valence-electron chi connectivity index (χ3n) is 2.58. The second kappa shape index (κ2) is 6.81. The Morgan fingerprint density at radius 2 is 2.20 bits per heavy atom. The molecule has 0 spiro atoms. The quantitative estimate of drug-likeness (QED) is 0.830. The number of amides is 2. The van der Waals surface area contributed by atoms with Gasteiger partial charge in [-0.3, -0.25) is 5.32 Å². The van der Waals surface area contributed by atoms with Gasteiger partial charge in [-0.15, -0.1) is 6.58 Å². The number of anilines is 1. The predicted molar refractivity (Wildman–Crippen MR) is 81.8 cm³/mol. The minimum atomic E-state index is -0.282. The zero-order valence-electron chi connectivity index (χ0n) is 11.2. The molecule has 2 N–H and O–H groups in total. The molecule has 0 saturated heterocycles. The van der Waals surface area contributed by atoms with Gasteiger partial charge in [0.05, 0.1) is 0 Å². The molecular weight excluding hydrogens is 272 g/mol. The number of benzene rings is 1. The van der Waals surface area contributed by atoms with Crippen molar-refractivity contribution >= 4 is 22.7 Å². The lowest BCUT2D eigenvalue weighted by Crippen LogP contribution is -2.35. The highest BCUT2D eigenvalue weighted by Crippen LogP contribution is 2.20. The number of nitrogens with zero attached hydrogens (tertiary/aromatic N) is 2. The molecule has 2 rings (SSSR count). The third kappa shape index (κ3) is 3.89. The summed E-state index contributed by atoms with van der Waals surface area (Å²) in [5, 5.41) is 5.96. The Balaban J connectivity index is 1.96. The highest BCUT2D eigenvalue weighted by Gasteiger charge is 2.10. The summed E-state index contributed by atoms with van der Waals surface area (Å²) < 4.78 is 4.23. The average molecular weight is 288 g/mol. The van der Waals surface area contributed by atoms with Gasteiger partial charge in [0, 0.05) is 23.1 Å². The first-order valence-corrected chi connectivity index (χ1v) is 7.04. The summed E-state index contributed by atoms with van der Waals surface area (Å²) in [7, 11) is 0. The molecule has 0 saturated carbocycles. The summed E-state index contributed by atoms with van der Waals surface area (Å²) in [5.41, 5.74) is 0.928. The number of hydrogen-bond donors (Lipinski definition) is 2. The topological polar surface area (TPSA) is 66.9 Å². The minimum Gasteiger partial charge on any atom is -0.335 e. The highest BCUT2D eigenvalue weighted by atomic mass is 32.1. The molecule has 1 aromatic carbocycles. The van der Waals surface area contributed by atoms with Crippen LogP contribution in [-0.4, -0.2) is 21.4 Å². The van der Waals surface area contributed by atoms with Crippen molar-refractivity contribution in [2.45, 2.75) is 19.4 Å². The Morgan fingerprint density at radius 3 is 2.90 bits per heavy atom. The van der Waals surface area contributed by atoms with Crippen LogP contribution in [0.2, 0.25) is 0 Å². The molecular formula is C14H16N4OS. The molecule has 0 aliphatic heterocycles. The fourth-order valence-corrected chi connectivity index (χ4v) is 2.23. The van der Waals surface area contributed by atoms with Gasteiger partial charge in [0.2, 0.25) is 5.13 Å². The Kier molecular flexibility index (Phi) is 4.84. The van der Waals surface area contributed by atoms with E-state index in [1.807, 2.05) is 37.3 Å². The molecule has 0 radical (unpaired) electrons. The summed E-state index contributed by atoms with van der Waals surface area (Å²) in [4.78, 5) is 16.0. The summed E-state index contributed by atoms with van der Waals surface area (Å²) in [6.45, 7) is 5.55. The van der Waals surface area contributed by atoms with Crippen LogP contribution in [0.25, 0.3) is 11.4 Å². The first-order valence-electron chi connectivity index (χ1n) is 6.26. The number of rotatable bonds is 5. The monoisotopic (exact) mass is 288 g/mol. The van der Waals surface area contributed by atoms with Crippen molar-refractivity contribution in [3.05, 3.63) is 43.0 Å². The number of carbonyl (C=O) groups excluding carboxylic acids is 1. The van der Waals surface area contributed by atoms with Gasteiger partial charge in [-0.1, -0.05) is 36.4 Å². The zero-order valence-corrected chi connectivity index (χ0v) is 12.0. The lowest BCUT2D eigenvalue weighted by Gasteiger charge is -2.10. The van der Waals surface area contributed by atoms with Crippen molar-refractivity contribution in [2.24, 2.45) is 0 Å². The second-order valence-corrected chi connectivity index (χ2v) is 5.06. The molecule has 1 aromatic heterocycles. The SMILES string of the molecule is C=CC[C@H](C)NC(=O)Nc1nc(-c2ccccc2)ns1. The van der Waals surface area contributed by atoms with Crippen molar-refractivity contribution in [1.82, 2.24) is 14.7 Å². The molecule has 5 nitrogen and oxygen atoms in total. The van der Waals surface area contributed by atoms with E-state index in [0.717, 1.165) is 23.5 Å². The van der Waals surface area contributed by atoms with E-state index < -0.39 is 0 Å². The molecule has 20 heavy (non-hydrogen) atoms. The first-order chi connectivity index (χ1) is 9.69. The largest absolute Gasteiger partial charge is 0.335 e. The van der Waals surface area contributed by atoms with E-state index in [2.05, 4.69) is 26.6 Å². The number of hydrogen-bond acceptors (Lipinski definition) is 4. The van der Waals surface area contributed by atoms with Crippen molar-refractivity contribution < 1.29 is 4.79 Å². The lowest BCUT2D eigenvalue weighted by atomic mass is 10.2. The van der Waals surface area contributed by atoms with Crippen LogP contribution in [0.15, 0.2) is 43.0 Å². The van der Waals surface area contributed by atoms with Crippen molar-refractivity contribution in [2.75, 3.05) is 5.32 Å². The maximum Gasteiger partial charge on any atom is 0.321 e. The van der Waals surface area contributed by atoms with E-state index in [1.54, 1.807) is 6.08 Å². The highest BCUT2D eigenvalue weighted by molar-refractivity contribution is 7.10. The number of urea groups is 1. The summed E-state index contributed by atoms with van der Waals surface area (Å²) >= 11 is 1.16. The standard InChI is InChI=1S/C14H16N4OS/c1-3-7-10(2)15-13(19)17-14-16-12(18-20-14)11-8-5-4-6-9-11/h3-6,8-10H,1,7H2,2H3,(H2,15,16,17,18,19)/t10-/m0/s1. The smallest absolute Gasteiger partial charge is 0.321 e. The summed E-state index contributed by atoms with van der Waals surface area (Å²) in [6.07, 6.45) is 2.49. The second-order valence-electron chi connectivity index (χ2n) is 4.31. The molecule has 2 amide bonds. The Bertz CT molecular complexity index is 582. The van der Waals surface area contributed by atoms with E-state index in [9.17, 15) is 4.79 Å². The van der Waals surface area contributed by atoms with Crippen LogP contribution in [0, 0.1) is 0 Å². The van der Waals surface area contributed by atoms with Gasteiger partial charge >= 0.3 is 6.03 Å². The third-order valence-corrected chi connectivity index (χ3v) is 3.21.